The average Bonchev–Trinajstić information content (AvgIpc) is 3.16. The molecular formula is C25H23ClO4. The molecule has 4 rings (SSSR count). The molecule has 154 valence electrons. The molecule has 0 radical (unpaired) electrons. The molecular weight excluding hydrogens is 400 g/mol. The lowest BCUT2D eigenvalue weighted by Gasteiger charge is -2.11. The predicted octanol–water partition coefficient (Wildman–Crippen LogP) is 6.17. The molecule has 5 heteroatoms. The molecule has 0 spiro atoms. The van der Waals surface area contributed by atoms with Gasteiger partial charge in [0, 0.05) is 11.4 Å². The maximum atomic E-state index is 10.9. The van der Waals surface area contributed by atoms with Crippen LogP contribution in [-0.4, -0.2) is 11.1 Å². The van der Waals surface area contributed by atoms with Crippen LogP contribution in [0, 0.1) is 0 Å². The molecule has 4 nitrogen and oxygen atoms in total. The fourth-order valence-corrected chi connectivity index (χ4v) is 3.82. The first kappa shape index (κ1) is 20.3. The molecule has 1 N–H and O–H groups in total. The summed E-state index contributed by atoms with van der Waals surface area (Å²) in [5.74, 6) is 0.857. The first-order chi connectivity index (χ1) is 14.5. The van der Waals surface area contributed by atoms with Crippen molar-refractivity contribution in [3.05, 3.63) is 94.0 Å². The van der Waals surface area contributed by atoms with Crippen LogP contribution in [0.25, 0.3) is 0 Å². The number of rotatable bonds is 7. The maximum absolute atomic E-state index is 10.9. The molecule has 0 bridgehead atoms. The van der Waals surface area contributed by atoms with E-state index in [1.807, 2.05) is 67.6 Å². The SMILES string of the molecule is CC(CC(=O)O)c1ccc(OCc2ccc3c(c2)C[C@H](c2ccc(Cl)cc2)O3)cc1. The summed E-state index contributed by atoms with van der Waals surface area (Å²) in [6.45, 7) is 2.37. The van der Waals surface area contributed by atoms with Crippen LogP contribution in [0.2, 0.25) is 5.02 Å². The van der Waals surface area contributed by atoms with Crippen molar-refractivity contribution in [3.8, 4) is 11.5 Å². The number of ether oxygens (including phenoxy) is 2. The minimum atomic E-state index is -0.790. The van der Waals surface area contributed by atoms with E-state index in [1.165, 1.54) is 5.56 Å². The molecule has 0 fully saturated rings. The second-order valence-corrected chi connectivity index (χ2v) is 8.10. The number of carbonyl (C=O) groups is 1. The number of benzene rings is 3. The Kier molecular flexibility index (Phi) is 5.96. The molecule has 0 saturated carbocycles. The van der Waals surface area contributed by atoms with Crippen molar-refractivity contribution in [2.24, 2.45) is 0 Å². The summed E-state index contributed by atoms with van der Waals surface area (Å²) in [6, 6.07) is 21.6. The van der Waals surface area contributed by atoms with E-state index in [0.29, 0.717) is 6.61 Å². The summed E-state index contributed by atoms with van der Waals surface area (Å²) in [4.78, 5) is 10.9. The highest BCUT2D eigenvalue weighted by Gasteiger charge is 2.24. The van der Waals surface area contributed by atoms with Gasteiger partial charge < -0.3 is 14.6 Å². The highest BCUT2D eigenvalue weighted by Crippen LogP contribution is 2.37. The molecule has 0 aliphatic carbocycles. The van der Waals surface area contributed by atoms with Crippen LogP contribution < -0.4 is 9.47 Å². The molecule has 1 heterocycles. The van der Waals surface area contributed by atoms with Gasteiger partial charge in [0.05, 0.1) is 6.42 Å². The van der Waals surface area contributed by atoms with Crippen molar-refractivity contribution >= 4 is 17.6 Å². The normalized spacial score (nSPS) is 15.9. The number of aliphatic carboxylic acids is 1. The lowest BCUT2D eigenvalue weighted by Crippen LogP contribution is -2.03. The third-order valence-electron chi connectivity index (χ3n) is 5.38. The van der Waals surface area contributed by atoms with Gasteiger partial charge in [-0.25, -0.2) is 0 Å². The number of halogens is 1. The molecule has 1 aliphatic rings. The van der Waals surface area contributed by atoms with E-state index in [-0.39, 0.29) is 18.4 Å². The van der Waals surface area contributed by atoms with E-state index in [0.717, 1.165) is 39.6 Å². The lowest BCUT2D eigenvalue weighted by atomic mass is 9.98. The summed E-state index contributed by atoms with van der Waals surface area (Å²) in [5.41, 5.74) is 4.37. The highest BCUT2D eigenvalue weighted by atomic mass is 35.5. The first-order valence-electron chi connectivity index (χ1n) is 9.96. The number of hydrogen-bond acceptors (Lipinski definition) is 3. The summed E-state index contributed by atoms with van der Waals surface area (Å²) < 4.78 is 12.0. The lowest BCUT2D eigenvalue weighted by molar-refractivity contribution is -0.137. The van der Waals surface area contributed by atoms with E-state index in [9.17, 15) is 4.79 Å². The van der Waals surface area contributed by atoms with E-state index in [1.54, 1.807) is 0 Å². The van der Waals surface area contributed by atoms with Crippen LogP contribution in [0.4, 0.5) is 0 Å². The summed E-state index contributed by atoms with van der Waals surface area (Å²) in [5, 5.41) is 9.65. The molecule has 30 heavy (non-hydrogen) atoms. The Balaban J connectivity index is 1.36. The van der Waals surface area contributed by atoms with E-state index in [4.69, 9.17) is 26.2 Å². The average molecular weight is 423 g/mol. The van der Waals surface area contributed by atoms with E-state index < -0.39 is 5.97 Å². The third kappa shape index (κ3) is 4.77. The molecule has 1 aliphatic heterocycles. The minimum Gasteiger partial charge on any atom is -0.489 e. The van der Waals surface area contributed by atoms with Crippen molar-refractivity contribution in [1.29, 1.82) is 0 Å². The van der Waals surface area contributed by atoms with Gasteiger partial charge in [0.2, 0.25) is 0 Å². The second-order valence-electron chi connectivity index (χ2n) is 7.66. The van der Waals surface area contributed by atoms with E-state index in [2.05, 4.69) is 6.07 Å². The zero-order valence-electron chi connectivity index (χ0n) is 16.7. The van der Waals surface area contributed by atoms with Crippen molar-refractivity contribution in [2.45, 2.75) is 38.4 Å². The van der Waals surface area contributed by atoms with Gasteiger partial charge in [0.1, 0.15) is 24.2 Å². The standard InChI is InChI=1S/C25H23ClO4/c1-16(12-25(27)28)18-5-9-22(10-6-18)29-15-17-2-11-23-20(13-17)14-24(30-23)19-3-7-21(26)8-4-19/h2-11,13,16,24H,12,14-15H2,1H3,(H,27,28)/t16?,24-/m1/s1. The van der Waals surface area contributed by atoms with Crippen LogP contribution in [0.1, 0.15) is 47.6 Å². The first-order valence-corrected chi connectivity index (χ1v) is 10.3. The Morgan fingerprint density at radius 3 is 2.57 bits per heavy atom. The molecule has 2 atom stereocenters. The van der Waals surface area contributed by atoms with Crippen molar-refractivity contribution in [2.75, 3.05) is 0 Å². The fraction of sp³-hybridized carbons (Fsp3) is 0.240. The van der Waals surface area contributed by atoms with Gasteiger partial charge in [-0.3, -0.25) is 4.79 Å². The highest BCUT2D eigenvalue weighted by molar-refractivity contribution is 6.30. The van der Waals surface area contributed by atoms with Gasteiger partial charge in [-0.2, -0.15) is 0 Å². The van der Waals surface area contributed by atoms with Gasteiger partial charge in [-0.15, -0.1) is 0 Å². The van der Waals surface area contributed by atoms with Gasteiger partial charge >= 0.3 is 5.97 Å². The molecule has 0 amide bonds. The van der Waals surface area contributed by atoms with Crippen LogP contribution in [-0.2, 0) is 17.8 Å². The number of carboxylic acids is 1. The van der Waals surface area contributed by atoms with Crippen molar-refractivity contribution < 1.29 is 19.4 Å². The Bertz CT molecular complexity index is 1030. The molecule has 0 aromatic heterocycles. The number of carboxylic acid groups (broad SMARTS) is 1. The molecule has 3 aromatic rings. The van der Waals surface area contributed by atoms with Gasteiger partial charge in [-0.1, -0.05) is 48.9 Å². The Hall–Kier alpha value is -2.98. The molecule has 1 unspecified atom stereocenters. The zero-order valence-corrected chi connectivity index (χ0v) is 17.4. The third-order valence-corrected chi connectivity index (χ3v) is 5.63. The molecule has 0 saturated heterocycles. The minimum absolute atomic E-state index is 0.00812. The van der Waals surface area contributed by atoms with Crippen LogP contribution in [0.15, 0.2) is 66.7 Å². The Morgan fingerprint density at radius 2 is 1.87 bits per heavy atom. The Labute approximate surface area is 181 Å². The maximum Gasteiger partial charge on any atom is 0.303 e. The summed E-state index contributed by atoms with van der Waals surface area (Å²) >= 11 is 5.98. The monoisotopic (exact) mass is 422 g/mol. The zero-order chi connectivity index (χ0) is 21.1. The largest absolute Gasteiger partial charge is 0.489 e. The molecule has 3 aromatic carbocycles. The van der Waals surface area contributed by atoms with Gasteiger partial charge in [0.25, 0.3) is 0 Å². The predicted molar refractivity (Wildman–Crippen MR) is 116 cm³/mol. The smallest absolute Gasteiger partial charge is 0.303 e. The van der Waals surface area contributed by atoms with Crippen LogP contribution >= 0.6 is 11.6 Å². The van der Waals surface area contributed by atoms with Crippen LogP contribution in [0.5, 0.6) is 11.5 Å². The number of hydrogen-bond donors (Lipinski definition) is 1. The number of fused-ring (bicyclic) bond motifs is 1. The topological polar surface area (TPSA) is 55.8 Å². The summed E-state index contributed by atoms with van der Waals surface area (Å²) in [6.07, 6.45) is 0.948. The fourth-order valence-electron chi connectivity index (χ4n) is 3.69. The van der Waals surface area contributed by atoms with Crippen LogP contribution in [0.3, 0.4) is 0 Å². The van der Waals surface area contributed by atoms with E-state index >= 15 is 0 Å². The quantitative estimate of drug-likeness (QED) is 0.494. The summed E-state index contributed by atoms with van der Waals surface area (Å²) in [7, 11) is 0. The van der Waals surface area contributed by atoms with Crippen molar-refractivity contribution in [1.82, 2.24) is 0 Å². The van der Waals surface area contributed by atoms with Gasteiger partial charge in [0.15, 0.2) is 0 Å². The van der Waals surface area contributed by atoms with Gasteiger partial charge in [-0.05, 0) is 64.6 Å². The van der Waals surface area contributed by atoms with Crippen molar-refractivity contribution in [3.63, 3.8) is 0 Å². The second kappa shape index (κ2) is 8.80. The Morgan fingerprint density at radius 1 is 1.13 bits per heavy atom.